The van der Waals surface area contributed by atoms with Gasteiger partial charge in [-0.25, -0.2) is 4.98 Å². The number of para-hydroxylation sites is 1. The van der Waals surface area contributed by atoms with E-state index in [1.165, 1.54) is 4.70 Å². The average Bonchev–Trinajstić information content (AvgIpc) is 2.80. The number of carbonyl (C=O) groups is 1. The lowest BCUT2D eigenvalue weighted by Gasteiger charge is -2.24. The third-order valence-corrected chi connectivity index (χ3v) is 5.32. The van der Waals surface area contributed by atoms with Gasteiger partial charge in [-0.2, -0.15) is 0 Å². The Kier molecular flexibility index (Phi) is 5.05. The SMILES string of the molecule is CCC(C)(C)NC(=O)CSCc1nc2ccccc2s1. The second-order valence-corrected chi connectivity index (χ2v) is 7.45. The van der Waals surface area contributed by atoms with Crippen molar-refractivity contribution in [1.82, 2.24) is 10.3 Å². The van der Waals surface area contributed by atoms with Crippen molar-refractivity contribution >= 4 is 39.2 Å². The first-order valence-corrected chi connectivity index (χ1v) is 8.70. The zero-order chi connectivity index (χ0) is 14.6. The maximum Gasteiger partial charge on any atom is 0.230 e. The van der Waals surface area contributed by atoms with E-state index in [4.69, 9.17) is 0 Å². The lowest BCUT2D eigenvalue weighted by molar-refractivity contribution is -0.120. The quantitative estimate of drug-likeness (QED) is 0.881. The summed E-state index contributed by atoms with van der Waals surface area (Å²) in [7, 11) is 0. The molecule has 2 aromatic rings. The van der Waals surface area contributed by atoms with Crippen LogP contribution in [0.5, 0.6) is 0 Å². The monoisotopic (exact) mass is 308 g/mol. The number of nitrogens with one attached hydrogen (secondary N) is 1. The molecule has 0 bridgehead atoms. The molecule has 1 aromatic carbocycles. The number of hydrogen-bond acceptors (Lipinski definition) is 4. The summed E-state index contributed by atoms with van der Waals surface area (Å²) in [5, 5.41) is 4.12. The summed E-state index contributed by atoms with van der Waals surface area (Å²) in [4.78, 5) is 16.4. The number of carbonyl (C=O) groups excluding carboxylic acids is 1. The van der Waals surface area contributed by atoms with Crippen molar-refractivity contribution in [1.29, 1.82) is 0 Å². The number of thioether (sulfide) groups is 1. The van der Waals surface area contributed by atoms with Crippen molar-refractivity contribution in [2.45, 2.75) is 38.5 Å². The first kappa shape index (κ1) is 15.3. The number of aromatic nitrogens is 1. The summed E-state index contributed by atoms with van der Waals surface area (Å²) in [6.45, 7) is 6.17. The molecule has 0 unspecified atom stereocenters. The highest BCUT2D eigenvalue weighted by atomic mass is 32.2. The van der Waals surface area contributed by atoms with Crippen LogP contribution in [0.1, 0.15) is 32.2 Å². The summed E-state index contributed by atoms with van der Waals surface area (Å²) < 4.78 is 1.21. The number of rotatable bonds is 6. The molecule has 0 atom stereocenters. The van der Waals surface area contributed by atoms with E-state index in [1.54, 1.807) is 23.1 Å². The van der Waals surface area contributed by atoms with E-state index in [0.29, 0.717) is 5.75 Å². The molecule has 2 rings (SSSR count). The number of benzene rings is 1. The van der Waals surface area contributed by atoms with Crippen molar-refractivity contribution in [3.05, 3.63) is 29.3 Å². The van der Waals surface area contributed by atoms with Crippen LogP contribution in [0, 0.1) is 0 Å². The molecule has 108 valence electrons. The van der Waals surface area contributed by atoms with Crippen molar-refractivity contribution in [2.24, 2.45) is 0 Å². The van der Waals surface area contributed by atoms with Crippen molar-refractivity contribution in [2.75, 3.05) is 5.75 Å². The average molecular weight is 308 g/mol. The third-order valence-electron chi connectivity index (χ3n) is 3.16. The molecule has 0 saturated heterocycles. The molecule has 1 amide bonds. The van der Waals surface area contributed by atoms with E-state index in [1.807, 2.05) is 32.0 Å². The van der Waals surface area contributed by atoms with Crippen molar-refractivity contribution in [3.8, 4) is 0 Å². The second kappa shape index (κ2) is 6.59. The number of nitrogens with zero attached hydrogens (tertiary/aromatic N) is 1. The molecule has 1 N–H and O–H groups in total. The fraction of sp³-hybridized carbons (Fsp3) is 0.467. The van der Waals surface area contributed by atoms with Gasteiger partial charge < -0.3 is 5.32 Å². The molecule has 1 aromatic heterocycles. The minimum absolute atomic E-state index is 0.1000. The van der Waals surface area contributed by atoms with E-state index in [0.717, 1.165) is 22.7 Å². The molecule has 0 aliphatic heterocycles. The van der Waals surface area contributed by atoms with Crippen LogP contribution in [-0.2, 0) is 10.5 Å². The fourth-order valence-corrected chi connectivity index (χ4v) is 3.56. The molecule has 0 fully saturated rings. The normalized spacial score (nSPS) is 11.8. The van der Waals surface area contributed by atoms with E-state index >= 15 is 0 Å². The van der Waals surface area contributed by atoms with Gasteiger partial charge in [-0.15, -0.1) is 23.1 Å². The Morgan fingerprint density at radius 1 is 1.40 bits per heavy atom. The summed E-state index contributed by atoms with van der Waals surface area (Å²) >= 11 is 3.32. The zero-order valence-corrected chi connectivity index (χ0v) is 13.7. The Hall–Kier alpha value is -1.07. The maximum absolute atomic E-state index is 11.8. The van der Waals surface area contributed by atoms with E-state index in [-0.39, 0.29) is 11.4 Å². The zero-order valence-electron chi connectivity index (χ0n) is 12.1. The molecule has 3 nitrogen and oxygen atoms in total. The van der Waals surface area contributed by atoms with Gasteiger partial charge in [-0.1, -0.05) is 19.1 Å². The van der Waals surface area contributed by atoms with Crippen LogP contribution in [0.3, 0.4) is 0 Å². The van der Waals surface area contributed by atoms with E-state index in [9.17, 15) is 4.79 Å². The van der Waals surface area contributed by atoms with Crippen molar-refractivity contribution < 1.29 is 4.79 Å². The maximum atomic E-state index is 11.8. The van der Waals surface area contributed by atoms with E-state index in [2.05, 4.69) is 23.3 Å². The second-order valence-electron chi connectivity index (χ2n) is 5.35. The first-order valence-electron chi connectivity index (χ1n) is 6.73. The Labute approximate surface area is 128 Å². The van der Waals surface area contributed by atoms with Gasteiger partial charge in [0, 0.05) is 11.3 Å². The molecule has 0 spiro atoms. The van der Waals surface area contributed by atoms with E-state index < -0.39 is 0 Å². The molecular weight excluding hydrogens is 288 g/mol. The van der Waals surface area contributed by atoms with Gasteiger partial charge in [0.2, 0.25) is 5.91 Å². The summed E-state index contributed by atoms with van der Waals surface area (Å²) in [5.41, 5.74) is 0.928. The first-order chi connectivity index (χ1) is 9.50. The van der Waals surface area contributed by atoms with Crippen LogP contribution < -0.4 is 5.32 Å². The summed E-state index contributed by atoms with van der Waals surface area (Å²) in [5.74, 6) is 1.38. The topological polar surface area (TPSA) is 42.0 Å². The molecule has 0 radical (unpaired) electrons. The largest absolute Gasteiger partial charge is 0.351 e. The lowest BCUT2D eigenvalue weighted by atomic mass is 10.0. The van der Waals surface area contributed by atoms with Crippen LogP contribution in [0.15, 0.2) is 24.3 Å². The van der Waals surface area contributed by atoms with Gasteiger partial charge in [0.1, 0.15) is 5.01 Å². The van der Waals surface area contributed by atoms with Crippen LogP contribution in [0.25, 0.3) is 10.2 Å². The van der Waals surface area contributed by atoms with Gasteiger partial charge in [0.15, 0.2) is 0 Å². The minimum atomic E-state index is -0.118. The standard InChI is InChI=1S/C15H20N2OS2/c1-4-15(2,3)17-13(18)9-19-10-14-16-11-7-5-6-8-12(11)20-14/h5-8H,4,9-10H2,1-3H3,(H,17,18). The number of thiazole rings is 1. The van der Waals surface area contributed by atoms with Gasteiger partial charge in [-0.3, -0.25) is 4.79 Å². The number of hydrogen-bond donors (Lipinski definition) is 1. The summed E-state index contributed by atoms with van der Waals surface area (Å²) in [6, 6.07) is 8.13. The Morgan fingerprint density at radius 3 is 2.85 bits per heavy atom. The highest BCUT2D eigenvalue weighted by molar-refractivity contribution is 7.99. The molecule has 0 saturated carbocycles. The van der Waals surface area contributed by atoms with Crippen LogP contribution >= 0.6 is 23.1 Å². The Morgan fingerprint density at radius 2 is 2.15 bits per heavy atom. The van der Waals surface area contributed by atoms with Crippen LogP contribution in [0.2, 0.25) is 0 Å². The highest BCUT2D eigenvalue weighted by Gasteiger charge is 2.17. The molecule has 5 heteroatoms. The van der Waals surface area contributed by atoms with Gasteiger partial charge >= 0.3 is 0 Å². The predicted molar refractivity (Wildman–Crippen MR) is 88.3 cm³/mol. The van der Waals surface area contributed by atoms with Crippen LogP contribution in [-0.4, -0.2) is 22.2 Å². The van der Waals surface area contributed by atoms with Gasteiger partial charge in [0.25, 0.3) is 0 Å². The lowest BCUT2D eigenvalue weighted by Crippen LogP contribution is -2.43. The fourth-order valence-electron chi connectivity index (χ4n) is 1.71. The Balaban J connectivity index is 1.82. The minimum Gasteiger partial charge on any atom is -0.351 e. The third kappa shape index (κ3) is 4.21. The smallest absolute Gasteiger partial charge is 0.230 e. The molecular formula is C15H20N2OS2. The number of fused-ring (bicyclic) bond motifs is 1. The molecule has 0 aliphatic rings. The summed E-state index contributed by atoms with van der Waals surface area (Å²) in [6.07, 6.45) is 0.932. The number of amides is 1. The molecule has 0 aliphatic carbocycles. The van der Waals surface area contributed by atoms with Crippen molar-refractivity contribution in [3.63, 3.8) is 0 Å². The van der Waals surface area contributed by atoms with Gasteiger partial charge in [0.05, 0.1) is 16.0 Å². The van der Waals surface area contributed by atoms with Crippen LogP contribution in [0.4, 0.5) is 0 Å². The predicted octanol–water partition coefficient (Wildman–Crippen LogP) is 3.83. The highest BCUT2D eigenvalue weighted by Crippen LogP contribution is 2.24. The molecule has 1 heterocycles. The Bertz CT molecular complexity index is 559. The van der Waals surface area contributed by atoms with Gasteiger partial charge in [-0.05, 0) is 32.4 Å². The molecule has 20 heavy (non-hydrogen) atoms.